The first kappa shape index (κ1) is 16.2. The minimum Gasteiger partial charge on any atom is -0.404 e. The van der Waals surface area contributed by atoms with E-state index in [0.29, 0.717) is 0 Å². The van der Waals surface area contributed by atoms with E-state index in [1.165, 1.54) is 30.3 Å². The first-order chi connectivity index (χ1) is 9.82. The summed E-state index contributed by atoms with van der Waals surface area (Å²) in [6, 6.07) is 7.80. The maximum absolute atomic E-state index is 12.3. The molecule has 0 aliphatic carbocycles. The number of nitrogens with one attached hydrogen (secondary N) is 1. The molecule has 1 rings (SSSR count). The zero-order chi connectivity index (χ0) is 16.0. The van der Waals surface area contributed by atoms with Gasteiger partial charge in [0.25, 0.3) is 0 Å². The van der Waals surface area contributed by atoms with E-state index in [4.69, 9.17) is 27.4 Å². The molecule has 0 saturated heterocycles. The highest BCUT2D eigenvalue weighted by Gasteiger charge is 2.32. The van der Waals surface area contributed by atoms with Gasteiger partial charge in [-0.25, -0.2) is 0 Å². The molecule has 0 aliphatic heterocycles. The Labute approximate surface area is 122 Å². The summed E-state index contributed by atoms with van der Waals surface area (Å²) in [5, 5.41) is 28.2. The van der Waals surface area contributed by atoms with Crippen molar-refractivity contribution in [2.75, 3.05) is 5.32 Å². The van der Waals surface area contributed by atoms with E-state index in [1.54, 1.807) is 0 Å². The number of hydrogen-bond donors (Lipinski definition) is 1. The third-order valence-electron chi connectivity index (χ3n) is 2.04. The molecule has 0 heterocycles. The number of nitrogens with zero attached hydrogens (tertiary/aromatic N) is 3. The smallest absolute Gasteiger partial charge is 0.404 e. The van der Waals surface area contributed by atoms with Gasteiger partial charge in [-0.2, -0.15) is 15.8 Å². The SMILES string of the molecule is N#CC(C#N)=C(C#N)Nc1c(Cl)cccc1OC(F)(F)F. The molecule has 106 valence electrons. The predicted octanol–water partition coefficient (Wildman–Crippen LogP) is 3.48. The number of para-hydroxylation sites is 1. The van der Waals surface area contributed by atoms with Gasteiger partial charge >= 0.3 is 6.36 Å². The van der Waals surface area contributed by atoms with Gasteiger partial charge in [0.2, 0.25) is 0 Å². The summed E-state index contributed by atoms with van der Waals surface area (Å²) in [5.74, 6) is -0.696. The topological polar surface area (TPSA) is 92.6 Å². The Kier molecular flexibility index (Phi) is 5.01. The quantitative estimate of drug-likeness (QED) is 0.862. The number of halogens is 4. The zero-order valence-electron chi connectivity index (χ0n) is 9.99. The lowest BCUT2D eigenvalue weighted by atomic mass is 10.2. The lowest BCUT2D eigenvalue weighted by Crippen LogP contribution is -2.18. The van der Waals surface area contributed by atoms with Crippen LogP contribution in [0.25, 0.3) is 0 Å². The van der Waals surface area contributed by atoms with E-state index in [1.807, 2.05) is 0 Å². The normalized spacial score (nSPS) is 9.76. The lowest BCUT2D eigenvalue weighted by molar-refractivity contribution is -0.274. The molecule has 0 amide bonds. The fourth-order valence-corrected chi connectivity index (χ4v) is 1.46. The van der Waals surface area contributed by atoms with Crippen molar-refractivity contribution in [3.8, 4) is 24.0 Å². The average Bonchev–Trinajstić information content (AvgIpc) is 2.40. The Morgan fingerprint density at radius 2 is 1.76 bits per heavy atom. The first-order valence-electron chi connectivity index (χ1n) is 5.08. The Hall–Kier alpha value is -2.89. The molecular formula is C12H4ClF3N4O. The van der Waals surface area contributed by atoms with Crippen molar-refractivity contribution in [3.05, 3.63) is 34.5 Å². The van der Waals surface area contributed by atoms with Gasteiger partial charge in [-0.05, 0) is 12.1 Å². The summed E-state index contributed by atoms with van der Waals surface area (Å²) < 4.78 is 40.6. The maximum atomic E-state index is 12.3. The summed E-state index contributed by atoms with van der Waals surface area (Å²) in [6.07, 6.45) is -4.97. The molecule has 0 aliphatic rings. The van der Waals surface area contributed by atoms with Crippen LogP contribution < -0.4 is 10.1 Å². The maximum Gasteiger partial charge on any atom is 0.573 e. The van der Waals surface area contributed by atoms with E-state index in [2.05, 4.69) is 10.1 Å². The summed E-state index contributed by atoms with van der Waals surface area (Å²) >= 11 is 5.74. The van der Waals surface area contributed by atoms with Crippen molar-refractivity contribution in [2.45, 2.75) is 6.36 Å². The second kappa shape index (κ2) is 6.51. The van der Waals surface area contributed by atoms with Crippen LogP contribution in [0.5, 0.6) is 5.75 Å². The van der Waals surface area contributed by atoms with Crippen LogP contribution in [0, 0.1) is 34.0 Å². The molecule has 0 saturated carbocycles. The van der Waals surface area contributed by atoms with Gasteiger partial charge in [0, 0.05) is 0 Å². The fraction of sp³-hybridized carbons (Fsp3) is 0.0833. The molecule has 1 aromatic rings. The standard InChI is InChI=1S/C12H4ClF3N4O/c13-8-2-1-3-10(21-12(14,15)16)11(8)20-9(6-19)7(4-17)5-18/h1-3,20H. The van der Waals surface area contributed by atoms with E-state index in [0.717, 1.165) is 6.07 Å². The highest BCUT2D eigenvalue weighted by molar-refractivity contribution is 6.33. The molecule has 0 unspecified atom stereocenters. The molecule has 0 bridgehead atoms. The average molecular weight is 313 g/mol. The van der Waals surface area contributed by atoms with Crippen LogP contribution in [0.4, 0.5) is 18.9 Å². The van der Waals surface area contributed by atoms with Crippen LogP contribution in [-0.2, 0) is 0 Å². The minimum atomic E-state index is -4.97. The van der Waals surface area contributed by atoms with Crippen molar-refractivity contribution < 1.29 is 17.9 Å². The van der Waals surface area contributed by atoms with Crippen LogP contribution in [0.2, 0.25) is 5.02 Å². The Bertz CT molecular complexity index is 691. The molecule has 1 N–H and O–H groups in total. The van der Waals surface area contributed by atoms with Gasteiger partial charge in [-0.1, -0.05) is 17.7 Å². The number of rotatable bonds is 3. The van der Waals surface area contributed by atoms with Crippen LogP contribution in [0.15, 0.2) is 29.5 Å². The molecular weight excluding hydrogens is 309 g/mol. The number of hydrogen-bond acceptors (Lipinski definition) is 5. The third-order valence-corrected chi connectivity index (χ3v) is 2.35. The van der Waals surface area contributed by atoms with Crippen molar-refractivity contribution in [2.24, 2.45) is 0 Å². The van der Waals surface area contributed by atoms with Crippen molar-refractivity contribution >= 4 is 17.3 Å². The molecule has 9 heteroatoms. The summed E-state index contributed by atoms with van der Waals surface area (Å²) in [4.78, 5) is 0. The molecule has 0 spiro atoms. The van der Waals surface area contributed by atoms with Crippen molar-refractivity contribution in [1.29, 1.82) is 15.8 Å². The van der Waals surface area contributed by atoms with Crippen molar-refractivity contribution in [3.63, 3.8) is 0 Å². The van der Waals surface area contributed by atoms with Crippen LogP contribution in [-0.4, -0.2) is 6.36 Å². The summed E-state index contributed by atoms with van der Waals surface area (Å²) in [6.45, 7) is 0. The molecule has 0 radical (unpaired) electrons. The van der Waals surface area contributed by atoms with Crippen LogP contribution >= 0.6 is 11.6 Å². The minimum absolute atomic E-state index is 0.181. The monoisotopic (exact) mass is 312 g/mol. The number of benzene rings is 1. The highest BCUT2D eigenvalue weighted by Crippen LogP contribution is 2.36. The second-order valence-electron chi connectivity index (χ2n) is 3.37. The van der Waals surface area contributed by atoms with Gasteiger partial charge < -0.3 is 10.1 Å². The van der Waals surface area contributed by atoms with Gasteiger partial charge in [0.1, 0.15) is 29.6 Å². The second-order valence-corrected chi connectivity index (χ2v) is 3.78. The lowest BCUT2D eigenvalue weighted by Gasteiger charge is -2.15. The van der Waals surface area contributed by atoms with Gasteiger partial charge in [-0.3, -0.25) is 0 Å². The highest BCUT2D eigenvalue weighted by atomic mass is 35.5. The molecule has 1 aromatic carbocycles. The largest absolute Gasteiger partial charge is 0.573 e. The van der Waals surface area contributed by atoms with E-state index < -0.39 is 23.4 Å². The van der Waals surface area contributed by atoms with Gasteiger partial charge in [0.05, 0.1) is 5.02 Å². The summed E-state index contributed by atoms with van der Waals surface area (Å²) in [5.41, 5.74) is -1.52. The Balaban J connectivity index is 3.33. The number of nitriles is 3. The van der Waals surface area contributed by atoms with Crippen molar-refractivity contribution in [1.82, 2.24) is 0 Å². The van der Waals surface area contributed by atoms with E-state index in [-0.39, 0.29) is 10.7 Å². The van der Waals surface area contributed by atoms with Crippen LogP contribution in [0.3, 0.4) is 0 Å². The Morgan fingerprint density at radius 3 is 2.24 bits per heavy atom. The van der Waals surface area contributed by atoms with Gasteiger partial charge in [0.15, 0.2) is 11.3 Å². The molecule has 0 aromatic heterocycles. The van der Waals surface area contributed by atoms with E-state index in [9.17, 15) is 13.2 Å². The van der Waals surface area contributed by atoms with E-state index >= 15 is 0 Å². The molecule has 5 nitrogen and oxygen atoms in total. The predicted molar refractivity (Wildman–Crippen MR) is 65.6 cm³/mol. The zero-order valence-corrected chi connectivity index (χ0v) is 10.7. The van der Waals surface area contributed by atoms with Gasteiger partial charge in [-0.15, -0.1) is 13.2 Å². The number of alkyl halides is 3. The number of allylic oxidation sites excluding steroid dienone is 2. The molecule has 21 heavy (non-hydrogen) atoms. The summed E-state index contributed by atoms with van der Waals surface area (Å²) in [7, 11) is 0. The molecule has 0 fully saturated rings. The number of anilines is 1. The fourth-order valence-electron chi connectivity index (χ4n) is 1.24. The first-order valence-corrected chi connectivity index (χ1v) is 5.46. The Morgan fingerprint density at radius 1 is 1.14 bits per heavy atom. The number of ether oxygens (including phenoxy) is 1. The van der Waals surface area contributed by atoms with Crippen LogP contribution in [0.1, 0.15) is 0 Å². The third kappa shape index (κ3) is 4.31. The molecule has 0 atom stereocenters.